The molecule has 0 aliphatic heterocycles. The fraction of sp³-hybridized carbons (Fsp3) is 0.533. The number of hydrogen-bond acceptors (Lipinski definition) is 3. The normalized spacial score (nSPS) is 25.6. The predicted molar refractivity (Wildman–Crippen MR) is 74.7 cm³/mol. The van der Waals surface area contributed by atoms with Gasteiger partial charge in [0.15, 0.2) is 11.6 Å². The lowest BCUT2D eigenvalue weighted by atomic mass is 9.85. The smallest absolute Gasteiger partial charge is 0.237 e. The van der Waals surface area contributed by atoms with Crippen LogP contribution in [0.4, 0.5) is 4.39 Å². The van der Waals surface area contributed by atoms with Crippen LogP contribution in [0.15, 0.2) is 18.2 Å². The molecule has 2 rings (SSSR count). The molecular formula is C15H21FN2O2. The quantitative estimate of drug-likeness (QED) is 0.864. The molecule has 20 heavy (non-hydrogen) atoms. The Morgan fingerprint density at radius 1 is 1.55 bits per heavy atom. The molecule has 1 aliphatic carbocycles. The van der Waals surface area contributed by atoms with Crippen LogP contribution in [0.2, 0.25) is 0 Å². The standard InChI is InChI=1S/C15H21FN2O2/c1-10-4-2-6-12(13(10)16)20-9-7-11-5-3-8-15(11,18)14(17)19/h2,4,6,11H,3,5,7-9,18H2,1H3,(H2,17,19). The van der Waals surface area contributed by atoms with Crippen LogP contribution in [0, 0.1) is 18.7 Å². The van der Waals surface area contributed by atoms with E-state index >= 15 is 0 Å². The molecule has 1 aliphatic rings. The highest BCUT2D eigenvalue weighted by molar-refractivity contribution is 5.85. The van der Waals surface area contributed by atoms with Crippen LogP contribution < -0.4 is 16.2 Å². The summed E-state index contributed by atoms with van der Waals surface area (Å²) in [5, 5.41) is 0. The van der Waals surface area contributed by atoms with Gasteiger partial charge in [-0.25, -0.2) is 4.39 Å². The van der Waals surface area contributed by atoms with Crippen LogP contribution in [-0.2, 0) is 4.79 Å². The second-order valence-corrected chi connectivity index (χ2v) is 5.52. The SMILES string of the molecule is Cc1cccc(OCCC2CCCC2(N)C(N)=O)c1F. The second kappa shape index (κ2) is 5.79. The Labute approximate surface area is 118 Å². The number of amides is 1. The maximum Gasteiger partial charge on any atom is 0.237 e. The van der Waals surface area contributed by atoms with E-state index in [1.165, 1.54) is 0 Å². The number of benzene rings is 1. The van der Waals surface area contributed by atoms with Crippen molar-refractivity contribution in [2.45, 2.75) is 38.1 Å². The first-order valence-electron chi connectivity index (χ1n) is 6.92. The zero-order chi connectivity index (χ0) is 14.8. The summed E-state index contributed by atoms with van der Waals surface area (Å²) >= 11 is 0. The van der Waals surface area contributed by atoms with Crippen molar-refractivity contribution < 1.29 is 13.9 Å². The molecule has 0 bridgehead atoms. The van der Waals surface area contributed by atoms with Gasteiger partial charge in [-0.05, 0) is 43.7 Å². The van der Waals surface area contributed by atoms with Crippen LogP contribution in [-0.4, -0.2) is 18.1 Å². The number of hydrogen-bond donors (Lipinski definition) is 2. The van der Waals surface area contributed by atoms with Crippen molar-refractivity contribution >= 4 is 5.91 Å². The van der Waals surface area contributed by atoms with Gasteiger partial charge in [0.25, 0.3) is 0 Å². The lowest BCUT2D eigenvalue weighted by Crippen LogP contribution is -2.54. The van der Waals surface area contributed by atoms with Crippen molar-refractivity contribution in [2.75, 3.05) is 6.61 Å². The molecule has 1 amide bonds. The number of nitrogens with two attached hydrogens (primary N) is 2. The molecule has 1 fully saturated rings. The van der Waals surface area contributed by atoms with E-state index in [-0.39, 0.29) is 17.5 Å². The molecule has 4 N–H and O–H groups in total. The third-order valence-electron chi connectivity index (χ3n) is 4.21. The summed E-state index contributed by atoms with van der Waals surface area (Å²) in [5.41, 5.74) is 11.1. The van der Waals surface area contributed by atoms with E-state index in [1.54, 1.807) is 25.1 Å². The Balaban J connectivity index is 1.93. The van der Waals surface area contributed by atoms with Gasteiger partial charge in [0.05, 0.1) is 12.1 Å². The number of aryl methyl sites for hydroxylation is 1. The van der Waals surface area contributed by atoms with Crippen LogP contribution >= 0.6 is 0 Å². The zero-order valence-corrected chi connectivity index (χ0v) is 11.7. The number of halogens is 1. The van der Waals surface area contributed by atoms with Crippen molar-refractivity contribution in [1.29, 1.82) is 0 Å². The highest BCUT2D eigenvalue weighted by Crippen LogP contribution is 2.36. The lowest BCUT2D eigenvalue weighted by molar-refractivity contribution is -0.124. The Bertz CT molecular complexity index is 507. The van der Waals surface area contributed by atoms with Crippen molar-refractivity contribution in [3.05, 3.63) is 29.6 Å². The molecule has 110 valence electrons. The summed E-state index contributed by atoms with van der Waals surface area (Å²) in [6.07, 6.45) is 2.97. The first-order chi connectivity index (χ1) is 9.45. The summed E-state index contributed by atoms with van der Waals surface area (Å²) < 4.78 is 19.2. The molecule has 0 heterocycles. The van der Waals surface area contributed by atoms with Gasteiger partial charge in [0.1, 0.15) is 0 Å². The molecule has 0 radical (unpaired) electrons. The maximum absolute atomic E-state index is 13.8. The van der Waals surface area contributed by atoms with Crippen molar-refractivity contribution in [2.24, 2.45) is 17.4 Å². The molecule has 0 spiro atoms. The lowest BCUT2D eigenvalue weighted by Gasteiger charge is -2.27. The minimum absolute atomic E-state index is 0.00729. The van der Waals surface area contributed by atoms with Crippen molar-refractivity contribution in [3.63, 3.8) is 0 Å². The number of rotatable bonds is 5. The van der Waals surface area contributed by atoms with Gasteiger partial charge in [0, 0.05) is 0 Å². The minimum Gasteiger partial charge on any atom is -0.490 e. The summed E-state index contributed by atoms with van der Waals surface area (Å²) in [4.78, 5) is 11.5. The topological polar surface area (TPSA) is 78.3 Å². The van der Waals surface area contributed by atoms with E-state index in [1.807, 2.05) is 0 Å². The molecule has 0 aromatic heterocycles. The number of carbonyl (C=O) groups is 1. The van der Waals surface area contributed by atoms with E-state index in [9.17, 15) is 9.18 Å². The third-order valence-corrected chi connectivity index (χ3v) is 4.21. The number of primary amides is 1. The predicted octanol–water partition coefficient (Wildman–Crippen LogP) is 1.89. The molecule has 1 aromatic rings. The largest absolute Gasteiger partial charge is 0.490 e. The van der Waals surface area contributed by atoms with Gasteiger partial charge in [0.2, 0.25) is 5.91 Å². The maximum atomic E-state index is 13.8. The number of ether oxygens (including phenoxy) is 1. The fourth-order valence-corrected chi connectivity index (χ4v) is 2.87. The van der Waals surface area contributed by atoms with Gasteiger partial charge in [-0.15, -0.1) is 0 Å². The van der Waals surface area contributed by atoms with Crippen molar-refractivity contribution in [1.82, 2.24) is 0 Å². The van der Waals surface area contributed by atoms with Gasteiger partial charge >= 0.3 is 0 Å². The third kappa shape index (κ3) is 2.77. The van der Waals surface area contributed by atoms with Crippen LogP contribution in [0.5, 0.6) is 5.75 Å². The van der Waals surface area contributed by atoms with Gasteiger partial charge in [-0.1, -0.05) is 18.6 Å². The Kier molecular flexibility index (Phi) is 4.28. The van der Waals surface area contributed by atoms with Gasteiger partial charge in [-0.2, -0.15) is 0 Å². The molecule has 0 saturated heterocycles. The van der Waals surface area contributed by atoms with E-state index < -0.39 is 11.4 Å². The van der Waals surface area contributed by atoms with E-state index in [0.29, 0.717) is 25.0 Å². The molecule has 1 aromatic carbocycles. The molecular weight excluding hydrogens is 259 g/mol. The summed E-state index contributed by atoms with van der Waals surface area (Å²) in [6, 6.07) is 5.04. The minimum atomic E-state index is -0.936. The zero-order valence-electron chi connectivity index (χ0n) is 11.7. The average molecular weight is 280 g/mol. The first kappa shape index (κ1) is 14.8. The molecule has 2 atom stereocenters. The van der Waals surface area contributed by atoms with Crippen molar-refractivity contribution in [3.8, 4) is 5.75 Å². The number of carbonyl (C=O) groups excluding carboxylic acids is 1. The van der Waals surface area contributed by atoms with Crippen LogP contribution in [0.25, 0.3) is 0 Å². The fourth-order valence-electron chi connectivity index (χ4n) is 2.87. The summed E-state index contributed by atoms with van der Waals surface area (Å²) in [7, 11) is 0. The average Bonchev–Trinajstić information content (AvgIpc) is 2.78. The Morgan fingerprint density at radius 2 is 2.30 bits per heavy atom. The highest BCUT2D eigenvalue weighted by atomic mass is 19.1. The van der Waals surface area contributed by atoms with Crippen LogP contribution in [0.1, 0.15) is 31.2 Å². The summed E-state index contributed by atoms with van der Waals surface area (Å²) in [5.74, 6) is -0.549. The Hall–Kier alpha value is -1.62. The van der Waals surface area contributed by atoms with Gasteiger partial charge in [-0.3, -0.25) is 4.79 Å². The van der Waals surface area contributed by atoms with E-state index in [4.69, 9.17) is 16.2 Å². The Morgan fingerprint density at radius 3 is 3.00 bits per heavy atom. The van der Waals surface area contributed by atoms with E-state index in [2.05, 4.69) is 0 Å². The molecule has 1 saturated carbocycles. The van der Waals surface area contributed by atoms with Crippen LogP contribution in [0.3, 0.4) is 0 Å². The monoisotopic (exact) mass is 280 g/mol. The second-order valence-electron chi connectivity index (χ2n) is 5.52. The molecule has 4 nitrogen and oxygen atoms in total. The van der Waals surface area contributed by atoms with E-state index in [0.717, 1.165) is 12.8 Å². The first-order valence-corrected chi connectivity index (χ1v) is 6.92. The molecule has 2 unspecified atom stereocenters. The highest BCUT2D eigenvalue weighted by Gasteiger charge is 2.43. The van der Waals surface area contributed by atoms with Gasteiger partial charge < -0.3 is 16.2 Å². The molecule has 5 heteroatoms. The summed E-state index contributed by atoms with van der Waals surface area (Å²) in [6.45, 7) is 2.02.